The van der Waals surface area contributed by atoms with Crippen molar-refractivity contribution in [2.75, 3.05) is 26.2 Å². The lowest BCUT2D eigenvalue weighted by atomic mass is 10.2. The molecule has 1 rings (SSSR count). The van der Waals surface area contributed by atoms with E-state index >= 15 is 0 Å². The van der Waals surface area contributed by atoms with Crippen LogP contribution in [0, 0.1) is 12.3 Å². The van der Waals surface area contributed by atoms with Gasteiger partial charge in [0, 0.05) is 19.1 Å². The third-order valence-electron chi connectivity index (χ3n) is 3.05. The molecule has 1 N–H and O–H groups in total. The fourth-order valence-electron chi connectivity index (χ4n) is 1.84. The van der Waals surface area contributed by atoms with E-state index in [0.29, 0.717) is 19.2 Å². The zero-order valence-corrected chi connectivity index (χ0v) is 12.9. The van der Waals surface area contributed by atoms with Gasteiger partial charge in [-0.25, -0.2) is 0 Å². The first-order valence-corrected chi connectivity index (χ1v) is 7.26. The number of ether oxygens (including phenoxy) is 1. The zero-order chi connectivity index (χ0) is 14.8. The van der Waals surface area contributed by atoms with E-state index in [0.717, 1.165) is 25.4 Å². The zero-order valence-electron chi connectivity index (χ0n) is 12.9. The molecule has 1 aromatic rings. The molecule has 0 fully saturated rings. The summed E-state index contributed by atoms with van der Waals surface area (Å²) in [5.74, 6) is 3.59. The van der Waals surface area contributed by atoms with Crippen LogP contribution in [0.15, 0.2) is 24.3 Å². The first-order valence-electron chi connectivity index (χ1n) is 7.26. The van der Waals surface area contributed by atoms with E-state index in [-0.39, 0.29) is 0 Å². The number of hydrogen-bond donors (Lipinski definition) is 1. The highest BCUT2D eigenvalue weighted by Gasteiger charge is 2.02. The third kappa shape index (κ3) is 6.60. The molecule has 0 saturated heterocycles. The lowest BCUT2D eigenvalue weighted by molar-refractivity contribution is 0.231. The number of terminal acetylenes is 1. The minimum absolute atomic E-state index is 0.487. The van der Waals surface area contributed by atoms with Crippen molar-refractivity contribution in [2.45, 2.75) is 33.4 Å². The minimum atomic E-state index is 0.487. The Bertz CT molecular complexity index is 423. The Labute approximate surface area is 123 Å². The summed E-state index contributed by atoms with van der Waals surface area (Å²) in [6, 6.07) is 8.72. The average Bonchev–Trinajstić information content (AvgIpc) is 2.44. The van der Waals surface area contributed by atoms with Crippen molar-refractivity contribution in [3.8, 4) is 18.1 Å². The van der Waals surface area contributed by atoms with Crippen molar-refractivity contribution in [3.63, 3.8) is 0 Å². The van der Waals surface area contributed by atoms with Gasteiger partial charge in [-0.2, -0.15) is 0 Å². The lowest BCUT2D eigenvalue weighted by Crippen LogP contribution is -2.28. The first kappa shape index (κ1) is 16.6. The van der Waals surface area contributed by atoms with Crippen LogP contribution in [-0.2, 0) is 6.54 Å². The minimum Gasteiger partial charge on any atom is -0.492 e. The van der Waals surface area contributed by atoms with Gasteiger partial charge in [0.25, 0.3) is 0 Å². The van der Waals surface area contributed by atoms with Crippen LogP contribution < -0.4 is 10.1 Å². The van der Waals surface area contributed by atoms with Crippen molar-refractivity contribution in [3.05, 3.63) is 29.8 Å². The average molecular weight is 274 g/mol. The Balaban J connectivity index is 2.40. The van der Waals surface area contributed by atoms with Crippen molar-refractivity contribution < 1.29 is 4.74 Å². The fourth-order valence-corrected chi connectivity index (χ4v) is 1.84. The summed E-state index contributed by atoms with van der Waals surface area (Å²) < 4.78 is 5.79. The quantitative estimate of drug-likeness (QED) is 0.700. The summed E-state index contributed by atoms with van der Waals surface area (Å²) in [7, 11) is 0. The molecule has 20 heavy (non-hydrogen) atoms. The number of rotatable bonds is 9. The van der Waals surface area contributed by atoms with Gasteiger partial charge in [-0.1, -0.05) is 38.8 Å². The molecule has 0 aromatic heterocycles. The highest BCUT2D eigenvalue weighted by molar-refractivity contribution is 5.28. The molecule has 3 nitrogen and oxygen atoms in total. The molecule has 110 valence electrons. The Morgan fingerprint density at radius 2 is 2.20 bits per heavy atom. The van der Waals surface area contributed by atoms with E-state index in [1.54, 1.807) is 0 Å². The predicted octanol–water partition coefficient (Wildman–Crippen LogP) is 2.52. The molecule has 0 aliphatic carbocycles. The summed E-state index contributed by atoms with van der Waals surface area (Å²) in [6.45, 7) is 10.4. The van der Waals surface area contributed by atoms with Gasteiger partial charge in [-0.3, -0.25) is 4.90 Å². The Hall–Kier alpha value is -1.50. The van der Waals surface area contributed by atoms with E-state index in [2.05, 4.69) is 49.0 Å². The summed E-state index contributed by atoms with van der Waals surface area (Å²) in [4.78, 5) is 2.18. The monoisotopic (exact) mass is 274 g/mol. The van der Waals surface area contributed by atoms with Gasteiger partial charge in [0.2, 0.25) is 0 Å². The molecule has 0 radical (unpaired) electrons. The topological polar surface area (TPSA) is 24.5 Å². The summed E-state index contributed by atoms with van der Waals surface area (Å²) in [5.41, 5.74) is 1.24. The van der Waals surface area contributed by atoms with Crippen molar-refractivity contribution >= 4 is 0 Å². The van der Waals surface area contributed by atoms with Gasteiger partial charge in [-0.05, 0) is 24.2 Å². The maximum Gasteiger partial charge on any atom is 0.119 e. The van der Waals surface area contributed by atoms with Crippen LogP contribution in [0.25, 0.3) is 0 Å². The number of benzene rings is 1. The number of likely N-dealkylation sites (N-methyl/N-ethyl adjacent to an activating group) is 1. The number of hydrogen-bond acceptors (Lipinski definition) is 3. The van der Waals surface area contributed by atoms with Gasteiger partial charge < -0.3 is 10.1 Å². The van der Waals surface area contributed by atoms with E-state index < -0.39 is 0 Å². The maximum atomic E-state index is 5.79. The van der Waals surface area contributed by atoms with E-state index in [1.807, 2.05) is 12.1 Å². The molecular weight excluding hydrogens is 248 g/mol. The third-order valence-corrected chi connectivity index (χ3v) is 3.05. The predicted molar refractivity (Wildman–Crippen MR) is 84.9 cm³/mol. The summed E-state index contributed by atoms with van der Waals surface area (Å²) in [5, 5.41) is 3.40. The summed E-state index contributed by atoms with van der Waals surface area (Å²) in [6.07, 6.45) is 5.33. The molecule has 0 bridgehead atoms. The maximum absolute atomic E-state index is 5.79. The summed E-state index contributed by atoms with van der Waals surface area (Å²) >= 11 is 0. The van der Waals surface area contributed by atoms with Crippen LogP contribution in [-0.4, -0.2) is 37.2 Å². The number of nitrogens with one attached hydrogen (secondary N) is 1. The fraction of sp³-hybridized carbons (Fsp3) is 0.529. The molecule has 0 atom stereocenters. The van der Waals surface area contributed by atoms with Crippen molar-refractivity contribution in [1.82, 2.24) is 10.2 Å². The van der Waals surface area contributed by atoms with Gasteiger partial charge in [0.05, 0.1) is 6.54 Å². The Morgan fingerprint density at radius 3 is 2.85 bits per heavy atom. The van der Waals surface area contributed by atoms with Crippen LogP contribution in [0.5, 0.6) is 5.75 Å². The van der Waals surface area contributed by atoms with Crippen molar-refractivity contribution in [2.24, 2.45) is 0 Å². The molecule has 0 spiro atoms. The van der Waals surface area contributed by atoms with E-state index in [4.69, 9.17) is 11.2 Å². The van der Waals surface area contributed by atoms with E-state index in [9.17, 15) is 0 Å². The Morgan fingerprint density at radius 1 is 1.40 bits per heavy atom. The highest BCUT2D eigenvalue weighted by atomic mass is 16.5. The number of nitrogens with zero attached hydrogens (tertiary/aromatic N) is 1. The van der Waals surface area contributed by atoms with Crippen LogP contribution in [0.3, 0.4) is 0 Å². The Kier molecular flexibility index (Phi) is 7.79. The molecule has 0 aliphatic heterocycles. The highest BCUT2D eigenvalue weighted by Crippen LogP contribution is 2.13. The molecule has 0 aliphatic rings. The largest absolute Gasteiger partial charge is 0.492 e. The molecule has 0 saturated carbocycles. The molecule has 0 unspecified atom stereocenters. The van der Waals surface area contributed by atoms with Gasteiger partial charge in [-0.15, -0.1) is 6.42 Å². The second kappa shape index (κ2) is 9.41. The standard InChI is InChI=1S/C17H26N2O/c1-5-10-19(6-2)11-12-20-17-9-7-8-16(13-17)14-18-15(3)4/h1,7-9,13,15,18H,6,10-12,14H2,2-4H3. The second-order valence-corrected chi connectivity index (χ2v) is 5.10. The van der Waals surface area contributed by atoms with Gasteiger partial charge >= 0.3 is 0 Å². The SMILES string of the molecule is C#CCN(CC)CCOc1cccc(CNC(C)C)c1. The van der Waals surface area contributed by atoms with Crippen LogP contribution in [0.2, 0.25) is 0 Å². The molecule has 3 heteroatoms. The molecule has 1 aromatic carbocycles. The van der Waals surface area contributed by atoms with Crippen molar-refractivity contribution in [1.29, 1.82) is 0 Å². The lowest BCUT2D eigenvalue weighted by Gasteiger charge is -2.17. The normalized spacial score (nSPS) is 10.8. The molecule has 0 heterocycles. The van der Waals surface area contributed by atoms with Crippen LogP contribution >= 0.6 is 0 Å². The van der Waals surface area contributed by atoms with Gasteiger partial charge in [0.1, 0.15) is 12.4 Å². The first-order chi connectivity index (χ1) is 9.65. The van der Waals surface area contributed by atoms with E-state index in [1.165, 1.54) is 5.56 Å². The van der Waals surface area contributed by atoms with Crippen LogP contribution in [0.4, 0.5) is 0 Å². The smallest absolute Gasteiger partial charge is 0.119 e. The second-order valence-electron chi connectivity index (χ2n) is 5.10. The molecular formula is C17H26N2O. The van der Waals surface area contributed by atoms with Gasteiger partial charge in [0.15, 0.2) is 0 Å². The molecule has 0 amide bonds. The van der Waals surface area contributed by atoms with Crippen LogP contribution in [0.1, 0.15) is 26.3 Å².